The first-order valence-corrected chi connectivity index (χ1v) is 7.50. The summed E-state index contributed by atoms with van der Waals surface area (Å²) in [4.78, 5) is 23.1. The van der Waals surface area contributed by atoms with Gasteiger partial charge in [0.2, 0.25) is 11.9 Å². The lowest BCUT2D eigenvalue weighted by molar-refractivity contribution is -0.117. The summed E-state index contributed by atoms with van der Waals surface area (Å²) >= 11 is 0. The molecular formula is C17H20N4O. The Hall–Kier alpha value is -2.43. The SMILES string of the molecule is Cc1ccc(N2CCC(Nc3nc(C)cc(C)n3)C2=O)cc1. The third-order valence-electron chi connectivity index (χ3n) is 3.84. The summed E-state index contributed by atoms with van der Waals surface area (Å²) < 4.78 is 0. The van der Waals surface area contributed by atoms with Crippen molar-refractivity contribution < 1.29 is 4.79 Å². The molecule has 0 spiro atoms. The molecule has 1 aromatic carbocycles. The summed E-state index contributed by atoms with van der Waals surface area (Å²) in [6, 6.07) is 9.68. The van der Waals surface area contributed by atoms with E-state index >= 15 is 0 Å². The average molecular weight is 296 g/mol. The van der Waals surface area contributed by atoms with Crippen molar-refractivity contribution in [2.75, 3.05) is 16.8 Å². The van der Waals surface area contributed by atoms with Crippen LogP contribution in [0.2, 0.25) is 0 Å². The minimum atomic E-state index is -0.262. The van der Waals surface area contributed by atoms with E-state index in [4.69, 9.17) is 0 Å². The van der Waals surface area contributed by atoms with Crippen molar-refractivity contribution in [2.45, 2.75) is 33.2 Å². The number of aromatic nitrogens is 2. The summed E-state index contributed by atoms with van der Waals surface area (Å²) in [5.74, 6) is 0.605. The molecule has 1 saturated heterocycles. The van der Waals surface area contributed by atoms with E-state index in [1.165, 1.54) is 5.56 Å². The Balaban J connectivity index is 1.74. The number of carbonyl (C=O) groups is 1. The third kappa shape index (κ3) is 2.93. The van der Waals surface area contributed by atoms with E-state index in [0.29, 0.717) is 12.5 Å². The van der Waals surface area contributed by atoms with Crippen molar-refractivity contribution in [1.82, 2.24) is 9.97 Å². The topological polar surface area (TPSA) is 58.1 Å². The molecule has 1 N–H and O–H groups in total. The summed E-state index contributed by atoms with van der Waals surface area (Å²) in [5, 5.41) is 3.17. The summed E-state index contributed by atoms with van der Waals surface area (Å²) in [7, 11) is 0. The monoisotopic (exact) mass is 296 g/mol. The van der Waals surface area contributed by atoms with Crippen molar-refractivity contribution in [3.05, 3.63) is 47.3 Å². The highest BCUT2D eigenvalue weighted by molar-refractivity contribution is 6.00. The van der Waals surface area contributed by atoms with Crippen LogP contribution in [-0.4, -0.2) is 28.5 Å². The molecule has 3 rings (SSSR count). The van der Waals surface area contributed by atoms with Gasteiger partial charge in [0.1, 0.15) is 6.04 Å². The van der Waals surface area contributed by atoms with Gasteiger partial charge in [-0.25, -0.2) is 9.97 Å². The maximum Gasteiger partial charge on any atom is 0.249 e. The average Bonchev–Trinajstić information content (AvgIpc) is 2.80. The van der Waals surface area contributed by atoms with Gasteiger partial charge >= 0.3 is 0 Å². The van der Waals surface area contributed by atoms with Gasteiger partial charge in [-0.1, -0.05) is 17.7 Å². The fourth-order valence-electron chi connectivity index (χ4n) is 2.74. The second-order valence-electron chi connectivity index (χ2n) is 5.79. The van der Waals surface area contributed by atoms with Crippen LogP contribution in [0, 0.1) is 20.8 Å². The van der Waals surface area contributed by atoms with E-state index in [2.05, 4.69) is 15.3 Å². The molecule has 1 aliphatic rings. The van der Waals surface area contributed by atoms with Gasteiger partial charge in [0.25, 0.3) is 0 Å². The molecule has 0 saturated carbocycles. The van der Waals surface area contributed by atoms with Crippen LogP contribution < -0.4 is 10.2 Å². The van der Waals surface area contributed by atoms with Crippen LogP contribution in [0.3, 0.4) is 0 Å². The molecule has 1 atom stereocenters. The van der Waals surface area contributed by atoms with Gasteiger partial charge in [0.05, 0.1) is 0 Å². The zero-order valence-electron chi connectivity index (χ0n) is 13.1. The molecule has 1 amide bonds. The van der Waals surface area contributed by atoms with Crippen molar-refractivity contribution in [1.29, 1.82) is 0 Å². The highest BCUT2D eigenvalue weighted by atomic mass is 16.2. The Morgan fingerprint density at radius 3 is 2.36 bits per heavy atom. The van der Waals surface area contributed by atoms with E-state index in [0.717, 1.165) is 23.5 Å². The minimum Gasteiger partial charge on any atom is -0.342 e. The van der Waals surface area contributed by atoms with Crippen molar-refractivity contribution in [3.63, 3.8) is 0 Å². The van der Waals surface area contributed by atoms with Gasteiger partial charge in [-0.2, -0.15) is 0 Å². The number of amides is 1. The van der Waals surface area contributed by atoms with Gasteiger partial charge in [-0.15, -0.1) is 0 Å². The summed E-state index contributed by atoms with van der Waals surface area (Å²) in [5.41, 5.74) is 3.93. The zero-order valence-corrected chi connectivity index (χ0v) is 13.1. The first-order valence-electron chi connectivity index (χ1n) is 7.50. The standard InChI is InChI=1S/C17H20N4O/c1-11-4-6-14(7-5-11)21-9-8-15(16(21)22)20-17-18-12(2)10-13(3)19-17/h4-7,10,15H,8-9H2,1-3H3,(H,18,19,20). The molecule has 0 radical (unpaired) electrons. The third-order valence-corrected chi connectivity index (χ3v) is 3.84. The lowest BCUT2D eigenvalue weighted by Gasteiger charge is -2.17. The van der Waals surface area contributed by atoms with Gasteiger partial charge in [-0.05, 0) is 45.4 Å². The molecule has 1 fully saturated rings. The number of aryl methyl sites for hydroxylation is 3. The number of hydrogen-bond acceptors (Lipinski definition) is 4. The van der Waals surface area contributed by atoms with Crippen LogP contribution in [-0.2, 0) is 4.79 Å². The first-order chi connectivity index (χ1) is 10.5. The maximum absolute atomic E-state index is 12.6. The number of anilines is 2. The number of carbonyl (C=O) groups excluding carboxylic acids is 1. The first kappa shape index (κ1) is 14.5. The fourth-order valence-corrected chi connectivity index (χ4v) is 2.74. The van der Waals surface area contributed by atoms with Gasteiger partial charge in [-0.3, -0.25) is 4.79 Å². The van der Waals surface area contributed by atoms with Crippen molar-refractivity contribution in [2.24, 2.45) is 0 Å². The Morgan fingerprint density at radius 2 is 1.73 bits per heavy atom. The van der Waals surface area contributed by atoms with Gasteiger partial charge < -0.3 is 10.2 Å². The Morgan fingerprint density at radius 1 is 1.09 bits per heavy atom. The van der Waals surface area contributed by atoms with E-state index in [1.807, 2.05) is 56.0 Å². The largest absolute Gasteiger partial charge is 0.342 e. The van der Waals surface area contributed by atoms with E-state index in [-0.39, 0.29) is 11.9 Å². The Kier molecular flexibility index (Phi) is 3.79. The number of nitrogens with one attached hydrogen (secondary N) is 1. The molecule has 2 aromatic rings. The lowest BCUT2D eigenvalue weighted by Crippen LogP contribution is -2.34. The quantitative estimate of drug-likeness (QED) is 0.946. The smallest absolute Gasteiger partial charge is 0.249 e. The highest BCUT2D eigenvalue weighted by Crippen LogP contribution is 2.23. The van der Waals surface area contributed by atoms with E-state index in [9.17, 15) is 4.79 Å². The maximum atomic E-state index is 12.6. The molecule has 1 aromatic heterocycles. The van der Waals surface area contributed by atoms with Crippen LogP contribution in [0.15, 0.2) is 30.3 Å². The second kappa shape index (κ2) is 5.75. The van der Waals surface area contributed by atoms with Gasteiger partial charge in [0, 0.05) is 23.6 Å². The van der Waals surface area contributed by atoms with Crippen LogP contribution >= 0.6 is 0 Å². The summed E-state index contributed by atoms with van der Waals surface area (Å²) in [6.45, 7) is 6.60. The molecule has 5 heteroatoms. The van der Waals surface area contributed by atoms with Crippen molar-refractivity contribution >= 4 is 17.5 Å². The number of hydrogen-bond donors (Lipinski definition) is 1. The predicted octanol–water partition coefficient (Wildman–Crippen LogP) is 2.62. The minimum absolute atomic E-state index is 0.0756. The molecule has 2 heterocycles. The fraction of sp³-hybridized carbons (Fsp3) is 0.353. The predicted molar refractivity (Wildman–Crippen MR) is 87.1 cm³/mol. The molecule has 5 nitrogen and oxygen atoms in total. The van der Waals surface area contributed by atoms with Crippen LogP contribution in [0.25, 0.3) is 0 Å². The molecule has 1 aliphatic heterocycles. The van der Waals surface area contributed by atoms with Crippen LogP contribution in [0.5, 0.6) is 0 Å². The van der Waals surface area contributed by atoms with E-state index < -0.39 is 0 Å². The molecule has 0 bridgehead atoms. The van der Waals surface area contributed by atoms with Crippen LogP contribution in [0.1, 0.15) is 23.4 Å². The highest BCUT2D eigenvalue weighted by Gasteiger charge is 2.32. The number of nitrogens with zero attached hydrogens (tertiary/aromatic N) is 3. The Bertz CT molecular complexity index is 676. The number of benzene rings is 1. The Labute approximate surface area is 130 Å². The molecule has 22 heavy (non-hydrogen) atoms. The van der Waals surface area contributed by atoms with Gasteiger partial charge in [0.15, 0.2) is 0 Å². The van der Waals surface area contributed by atoms with Crippen molar-refractivity contribution in [3.8, 4) is 0 Å². The van der Waals surface area contributed by atoms with E-state index in [1.54, 1.807) is 0 Å². The summed E-state index contributed by atoms with van der Waals surface area (Å²) in [6.07, 6.45) is 0.753. The molecule has 1 unspecified atom stereocenters. The molecular weight excluding hydrogens is 276 g/mol. The zero-order chi connectivity index (χ0) is 15.7. The van der Waals surface area contributed by atoms with Crippen LogP contribution in [0.4, 0.5) is 11.6 Å². The molecule has 114 valence electrons. The normalized spacial score (nSPS) is 17.9. The number of rotatable bonds is 3. The molecule has 0 aliphatic carbocycles. The second-order valence-corrected chi connectivity index (χ2v) is 5.79. The lowest BCUT2D eigenvalue weighted by atomic mass is 10.2.